The summed E-state index contributed by atoms with van der Waals surface area (Å²) in [5.41, 5.74) is 7.74. The molecule has 0 atom stereocenters. The van der Waals surface area contributed by atoms with Crippen molar-refractivity contribution in [2.75, 3.05) is 12.3 Å². The second-order valence-corrected chi connectivity index (χ2v) is 6.04. The molecule has 2 aromatic carbocycles. The molecule has 0 saturated carbocycles. The summed E-state index contributed by atoms with van der Waals surface area (Å²) in [5, 5.41) is 0. The highest BCUT2D eigenvalue weighted by Crippen LogP contribution is 2.28. The molecule has 0 heterocycles. The first kappa shape index (κ1) is 14.4. The third-order valence-corrected chi connectivity index (χ3v) is 3.85. The van der Waals surface area contributed by atoms with Crippen LogP contribution >= 0.6 is 31.9 Å². The van der Waals surface area contributed by atoms with Crippen LogP contribution in [0.25, 0.3) is 0 Å². The van der Waals surface area contributed by atoms with Gasteiger partial charge in [-0.15, -0.1) is 0 Å². The molecule has 4 heteroatoms. The molecule has 0 bridgehead atoms. The Morgan fingerprint density at radius 1 is 1.00 bits per heavy atom. The predicted octanol–water partition coefficient (Wildman–Crippen LogP) is 4.81. The van der Waals surface area contributed by atoms with E-state index < -0.39 is 0 Å². The van der Waals surface area contributed by atoms with Gasteiger partial charge in [0.25, 0.3) is 0 Å². The van der Waals surface area contributed by atoms with Gasteiger partial charge in [0, 0.05) is 10.2 Å². The molecule has 0 aliphatic rings. The van der Waals surface area contributed by atoms with E-state index in [9.17, 15) is 0 Å². The lowest BCUT2D eigenvalue weighted by Crippen LogP contribution is -2.00. The molecule has 2 nitrogen and oxygen atoms in total. The van der Waals surface area contributed by atoms with Gasteiger partial charge in [0.2, 0.25) is 0 Å². The lowest BCUT2D eigenvalue weighted by Gasteiger charge is -2.08. The van der Waals surface area contributed by atoms with E-state index in [0.717, 1.165) is 33.2 Å². The van der Waals surface area contributed by atoms with E-state index >= 15 is 0 Å². The molecule has 0 aromatic heterocycles. The van der Waals surface area contributed by atoms with Gasteiger partial charge in [-0.2, -0.15) is 0 Å². The predicted molar refractivity (Wildman–Crippen MR) is 86.5 cm³/mol. The van der Waals surface area contributed by atoms with Gasteiger partial charge in [-0.05, 0) is 64.7 Å². The van der Waals surface area contributed by atoms with Gasteiger partial charge in [0.15, 0.2) is 0 Å². The molecule has 0 amide bonds. The van der Waals surface area contributed by atoms with Gasteiger partial charge in [0.05, 0.1) is 11.1 Å². The molecule has 0 unspecified atom stereocenters. The summed E-state index contributed by atoms with van der Waals surface area (Å²) in [6.45, 7) is 0.699. The number of ether oxygens (including phenoxy) is 1. The van der Waals surface area contributed by atoms with Crippen molar-refractivity contribution < 1.29 is 4.74 Å². The normalized spacial score (nSPS) is 10.4. The number of anilines is 1. The van der Waals surface area contributed by atoms with E-state index in [-0.39, 0.29) is 0 Å². The van der Waals surface area contributed by atoms with Gasteiger partial charge < -0.3 is 10.5 Å². The highest BCUT2D eigenvalue weighted by molar-refractivity contribution is 9.11. The van der Waals surface area contributed by atoms with E-state index in [4.69, 9.17) is 10.5 Å². The van der Waals surface area contributed by atoms with Gasteiger partial charge in [0.1, 0.15) is 5.75 Å². The van der Waals surface area contributed by atoms with Gasteiger partial charge in [-0.25, -0.2) is 0 Å². The fourth-order valence-electron chi connectivity index (χ4n) is 1.73. The van der Waals surface area contributed by atoms with E-state index in [1.54, 1.807) is 0 Å². The third-order valence-electron chi connectivity index (χ3n) is 2.74. The summed E-state index contributed by atoms with van der Waals surface area (Å²) < 4.78 is 7.75. The standard InChI is InChI=1S/C15H15Br2NO/c16-12-5-8-15(14(17)10-12)19-9-1-2-11-3-6-13(18)7-4-11/h3-8,10H,1-2,9,18H2. The van der Waals surface area contributed by atoms with Crippen LogP contribution in [0, 0.1) is 0 Å². The minimum Gasteiger partial charge on any atom is -0.492 e. The Labute approximate surface area is 130 Å². The van der Waals surface area contributed by atoms with E-state index in [2.05, 4.69) is 44.0 Å². The number of hydrogen-bond acceptors (Lipinski definition) is 2. The average molecular weight is 385 g/mol. The Hall–Kier alpha value is -1.000. The van der Waals surface area contributed by atoms with Crippen LogP contribution in [0.3, 0.4) is 0 Å². The summed E-state index contributed by atoms with van der Waals surface area (Å²) in [6.07, 6.45) is 1.97. The molecule has 0 radical (unpaired) electrons. The number of rotatable bonds is 5. The summed E-state index contributed by atoms with van der Waals surface area (Å²) in [4.78, 5) is 0. The number of hydrogen-bond donors (Lipinski definition) is 1. The summed E-state index contributed by atoms with van der Waals surface area (Å²) in [6, 6.07) is 13.9. The molecular weight excluding hydrogens is 370 g/mol. The summed E-state index contributed by atoms with van der Waals surface area (Å²) in [7, 11) is 0. The zero-order valence-electron chi connectivity index (χ0n) is 10.4. The van der Waals surface area contributed by atoms with Crippen LogP contribution in [0.5, 0.6) is 5.75 Å². The molecule has 2 N–H and O–H groups in total. The fraction of sp³-hybridized carbons (Fsp3) is 0.200. The van der Waals surface area contributed by atoms with Crippen LogP contribution in [0.2, 0.25) is 0 Å². The van der Waals surface area contributed by atoms with Crippen molar-refractivity contribution in [2.24, 2.45) is 0 Å². The van der Waals surface area contributed by atoms with Crippen LogP contribution < -0.4 is 10.5 Å². The Bertz CT molecular complexity index is 540. The molecule has 100 valence electrons. The monoisotopic (exact) mass is 383 g/mol. The molecular formula is C15H15Br2NO. The lowest BCUT2D eigenvalue weighted by atomic mass is 10.1. The van der Waals surface area contributed by atoms with Crippen LogP contribution in [-0.4, -0.2) is 6.61 Å². The maximum absolute atomic E-state index is 5.74. The van der Waals surface area contributed by atoms with Gasteiger partial charge in [-0.3, -0.25) is 0 Å². The smallest absolute Gasteiger partial charge is 0.133 e. The Balaban J connectivity index is 1.79. The van der Waals surface area contributed by atoms with Gasteiger partial charge in [-0.1, -0.05) is 28.1 Å². The quantitative estimate of drug-likeness (QED) is 0.593. The maximum Gasteiger partial charge on any atom is 0.133 e. The SMILES string of the molecule is Nc1ccc(CCCOc2ccc(Br)cc2Br)cc1. The summed E-state index contributed by atoms with van der Waals surface area (Å²) >= 11 is 6.90. The molecule has 0 aliphatic heterocycles. The van der Waals surface area contributed by atoms with Crippen molar-refractivity contribution in [2.45, 2.75) is 12.8 Å². The maximum atomic E-state index is 5.74. The lowest BCUT2D eigenvalue weighted by molar-refractivity contribution is 0.309. The van der Waals surface area contributed by atoms with Crippen molar-refractivity contribution >= 4 is 37.5 Å². The van der Waals surface area contributed by atoms with Crippen molar-refractivity contribution in [1.29, 1.82) is 0 Å². The minimum atomic E-state index is 0.699. The second-order valence-electron chi connectivity index (χ2n) is 4.27. The number of benzene rings is 2. The van der Waals surface area contributed by atoms with E-state index in [0.29, 0.717) is 6.61 Å². The molecule has 0 fully saturated rings. The van der Waals surface area contributed by atoms with Crippen LogP contribution in [0.4, 0.5) is 5.69 Å². The molecule has 0 aliphatic carbocycles. The highest BCUT2D eigenvalue weighted by Gasteiger charge is 2.01. The number of halogens is 2. The first-order chi connectivity index (χ1) is 9.15. The zero-order valence-corrected chi connectivity index (χ0v) is 13.6. The minimum absolute atomic E-state index is 0.699. The molecule has 0 saturated heterocycles. The van der Waals surface area contributed by atoms with Crippen molar-refractivity contribution in [3.63, 3.8) is 0 Å². The fourth-order valence-corrected chi connectivity index (χ4v) is 2.90. The first-order valence-electron chi connectivity index (χ1n) is 6.07. The van der Waals surface area contributed by atoms with Crippen molar-refractivity contribution in [1.82, 2.24) is 0 Å². The number of nitrogens with two attached hydrogens (primary N) is 1. The van der Waals surface area contributed by atoms with E-state index in [1.165, 1.54) is 5.56 Å². The summed E-state index contributed by atoms with van der Waals surface area (Å²) in [5.74, 6) is 0.875. The molecule has 2 rings (SSSR count). The van der Waals surface area contributed by atoms with Crippen molar-refractivity contribution in [3.05, 3.63) is 57.0 Å². The highest BCUT2D eigenvalue weighted by atomic mass is 79.9. The Kier molecular flexibility index (Phi) is 5.28. The Morgan fingerprint density at radius 3 is 2.42 bits per heavy atom. The van der Waals surface area contributed by atoms with Gasteiger partial charge >= 0.3 is 0 Å². The largest absolute Gasteiger partial charge is 0.492 e. The third kappa shape index (κ3) is 4.55. The number of aryl methyl sites for hydroxylation is 1. The topological polar surface area (TPSA) is 35.2 Å². The number of nitrogen functional groups attached to an aromatic ring is 1. The molecule has 2 aromatic rings. The van der Waals surface area contributed by atoms with Crippen LogP contribution in [0.15, 0.2) is 51.4 Å². The Morgan fingerprint density at radius 2 is 1.74 bits per heavy atom. The molecule has 19 heavy (non-hydrogen) atoms. The average Bonchev–Trinajstić information content (AvgIpc) is 2.39. The van der Waals surface area contributed by atoms with E-state index in [1.807, 2.05) is 30.3 Å². The first-order valence-corrected chi connectivity index (χ1v) is 7.66. The van der Waals surface area contributed by atoms with Crippen LogP contribution in [-0.2, 0) is 6.42 Å². The van der Waals surface area contributed by atoms with Crippen LogP contribution in [0.1, 0.15) is 12.0 Å². The molecule has 0 spiro atoms. The van der Waals surface area contributed by atoms with Crippen molar-refractivity contribution in [3.8, 4) is 5.75 Å². The zero-order chi connectivity index (χ0) is 13.7. The second kappa shape index (κ2) is 6.96.